The van der Waals surface area contributed by atoms with E-state index in [1.54, 1.807) is 42.5 Å². The lowest BCUT2D eigenvalue weighted by molar-refractivity contribution is -0.114. The van der Waals surface area contributed by atoms with Crippen LogP contribution in [0.15, 0.2) is 68.8 Å². The van der Waals surface area contributed by atoms with Gasteiger partial charge >= 0.3 is 0 Å². The fourth-order valence-electron chi connectivity index (χ4n) is 2.27. The average molecular weight is 336 g/mol. The molecule has 24 heavy (non-hydrogen) atoms. The molecule has 118 valence electrons. The third kappa shape index (κ3) is 3.46. The number of para-hydroxylation sites is 1. The van der Waals surface area contributed by atoms with Gasteiger partial charge in [0.05, 0.1) is 10.5 Å². The van der Waals surface area contributed by atoms with Gasteiger partial charge in [0, 0.05) is 17.3 Å². The number of carbonyl (C=O) groups excluding carboxylic acids is 1. The second-order valence-electron chi connectivity index (χ2n) is 5.00. The number of amides is 1. The highest BCUT2D eigenvalue weighted by Gasteiger charge is 2.07. The second-order valence-corrected chi connectivity index (χ2v) is 5.19. The highest BCUT2D eigenvalue weighted by Crippen LogP contribution is 2.23. The normalized spacial score (nSPS) is 10.2. The molecule has 1 heterocycles. The van der Waals surface area contributed by atoms with Crippen molar-refractivity contribution in [2.75, 3.05) is 11.9 Å². The molecule has 0 aliphatic heterocycles. The molecule has 0 saturated heterocycles. The molecule has 0 aliphatic carbocycles. The van der Waals surface area contributed by atoms with E-state index in [1.807, 2.05) is 6.07 Å². The zero-order valence-corrected chi connectivity index (χ0v) is 13.3. The molecule has 0 bridgehead atoms. The van der Waals surface area contributed by atoms with Gasteiger partial charge in [0.25, 0.3) is 0 Å². The van der Waals surface area contributed by atoms with Gasteiger partial charge in [-0.25, -0.2) is 4.99 Å². The number of nitrogens with zero attached hydrogens (tertiary/aromatic N) is 1. The minimum atomic E-state index is -0.280. The predicted molar refractivity (Wildman–Crippen MR) is 96.4 cm³/mol. The SMILES string of the molecule is O=C(CN=C=S)Nc1ccc(-c2cc(=O)c3ccccc3o2)cc1. The topological polar surface area (TPSA) is 71.7 Å². The smallest absolute Gasteiger partial charge is 0.246 e. The van der Waals surface area contributed by atoms with E-state index in [9.17, 15) is 9.59 Å². The van der Waals surface area contributed by atoms with E-state index in [2.05, 4.69) is 27.7 Å². The molecule has 0 atom stereocenters. The van der Waals surface area contributed by atoms with Crippen LogP contribution < -0.4 is 10.7 Å². The fourth-order valence-corrected chi connectivity index (χ4v) is 2.33. The maximum Gasteiger partial charge on any atom is 0.246 e. The summed E-state index contributed by atoms with van der Waals surface area (Å²) in [6.07, 6.45) is 0. The lowest BCUT2D eigenvalue weighted by atomic mass is 10.1. The van der Waals surface area contributed by atoms with Gasteiger partial charge in [-0.1, -0.05) is 12.1 Å². The van der Waals surface area contributed by atoms with Crippen LogP contribution in [0.2, 0.25) is 0 Å². The van der Waals surface area contributed by atoms with Crippen molar-refractivity contribution < 1.29 is 9.21 Å². The first-order valence-electron chi connectivity index (χ1n) is 7.14. The summed E-state index contributed by atoms with van der Waals surface area (Å²) < 4.78 is 5.78. The Labute approximate surface area is 142 Å². The zero-order valence-electron chi connectivity index (χ0n) is 12.5. The number of benzene rings is 2. The number of hydrogen-bond donors (Lipinski definition) is 1. The molecule has 0 unspecified atom stereocenters. The Kier molecular flexibility index (Phi) is 4.61. The number of thiocarbonyl (C=S) groups is 1. The van der Waals surface area contributed by atoms with Crippen molar-refractivity contribution in [3.63, 3.8) is 0 Å². The molecule has 1 N–H and O–H groups in total. The molecule has 0 saturated carbocycles. The maximum atomic E-state index is 12.1. The summed E-state index contributed by atoms with van der Waals surface area (Å²) in [7, 11) is 0. The number of anilines is 1. The predicted octanol–water partition coefficient (Wildman–Crippen LogP) is 3.50. The van der Waals surface area contributed by atoms with Gasteiger partial charge in [0.1, 0.15) is 17.9 Å². The van der Waals surface area contributed by atoms with Crippen LogP contribution in [-0.2, 0) is 4.79 Å². The van der Waals surface area contributed by atoms with Crippen molar-refractivity contribution >= 4 is 39.9 Å². The molecule has 6 heteroatoms. The van der Waals surface area contributed by atoms with E-state index < -0.39 is 0 Å². The monoisotopic (exact) mass is 336 g/mol. The van der Waals surface area contributed by atoms with Crippen molar-refractivity contribution in [2.24, 2.45) is 4.99 Å². The van der Waals surface area contributed by atoms with Crippen LogP contribution in [0.3, 0.4) is 0 Å². The number of rotatable bonds is 4. The van der Waals surface area contributed by atoms with Crippen molar-refractivity contribution in [1.82, 2.24) is 0 Å². The molecule has 1 aromatic heterocycles. The number of nitrogens with one attached hydrogen (secondary N) is 1. The van der Waals surface area contributed by atoms with Gasteiger partial charge in [-0.2, -0.15) is 0 Å². The summed E-state index contributed by atoms with van der Waals surface area (Å²) in [5.41, 5.74) is 1.80. The standard InChI is InChI=1S/C18H12N2O3S/c21-15-9-17(23-16-4-2-1-3-14(15)16)12-5-7-13(8-6-12)20-18(22)10-19-11-24/h1-9H,10H2,(H,20,22). The first-order chi connectivity index (χ1) is 11.7. The molecule has 1 amide bonds. The van der Waals surface area contributed by atoms with Crippen molar-refractivity contribution in [3.05, 3.63) is 64.8 Å². The molecule has 0 aliphatic rings. The number of fused-ring (bicyclic) bond motifs is 1. The number of hydrogen-bond acceptors (Lipinski definition) is 5. The molecule has 0 radical (unpaired) electrons. The van der Waals surface area contributed by atoms with E-state index in [0.29, 0.717) is 22.4 Å². The Morgan fingerprint density at radius 1 is 1.17 bits per heavy atom. The summed E-state index contributed by atoms with van der Waals surface area (Å²) in [5.74, 6) is 0.194. The Morgan fingerprint density at radius 2 is 1.92 bits per heavy atom. The Hall–Kier alpha value is -3.08. The molecular formula is C18H12N2O3S. The highest BCUT2D eigenvalue weighted by molar-refractivity contribution is 7.78. The Morgan fingerprint density at radius 3 is 2.67 bits per heavy atom. The van der Waals surface area contributed by atoms with Crippen molar-refractivity contribution in [2.45, 2.75) is 0 Å². The first-order valence-corrected chi connectivity index (χ1v) is 7.55. The van der Waals surface area contributed by atoms with Gasteiger partial charge in [0.2, 0.25) is 5.91 Å². The van der Waals surface area contributed by atoms with Crippen LogP contribution >= 0.6 is 12.2 Å². The molecule has 5 nitrogen and oxygen atoms in total. The van der Waals surface area contributed by atoms with Crippen LogP contribution in [0.1, 0.15) is 0 Å². The van der Waals surface area contributed by atoms with E-state index in [0.717, 1.165) is 5.56 Å². The van der Waals surface area contributed by atoms with Crippen LogP contribution in [-0.4, -0.2) is 17.6 Å². The molecule has 2 aromatic carbocycles. The number of isothiocyanates is 1. The molecule has 3 aromatic rings. The first kappa shape index (κ1) is 15.8. The lowest BCUT2D eigenvalue weighted by Gasteiger charge is -2.06. The lowest BCUT2D eigenvalue weighted by Crippen LogP contribution is -2.14. The van der Waals surface area contributed by atoms with Crippen LogP contribution in [0.4, 0.5) is 5.69 Å². The summed E-state index contributed by atoms with van der Waals surface area (Å²) >= 11 is 4.42. The summed E-state index contributed by atoms with van der Waals surface area (Å²) in [6, 6.07) is 15.5. The Balaban J connectivity index is 1.87. The van der Waals surface area contributed by atoms with E-state index in [-0.39, 0.29) is 17.9 Å². The number of carbonyl (C=O) groups is 1. The van der Waals surface area contributed by atoms with Crippen LogP contribution in [0.5, 0.6) is 0 Å². The van der Waals surface area contributed by atoms with E-state index in [1.165, 1.54) is 6.07 Å². The zero-order chi connectivity index (χ0) is 16.9. The minimum Gasteiger partial charge on any atom is -0.456 e. The van der Waals surface area contributed by atoms with Gasteiger partial charge in [-0.15, -0.1) is 0 Å². The summed E-state index contributed by atoms with van der Waals surface area (Å²) in [6.45, 7) is -0.0647. The third-order valence-corrected chi connectivity index (χ3v) is 3.50. The molecule has 0 fully saturated rings. The molecule has 3 rings (SSSR count). The van der Waals surface area contributed by atoms with Gasteiger partial charge in [0.15, 0.2) is 5.43 Å². The summed E-state index contributed by atoms with van der Waals surface area (Å²) in [5, 5.41) is 5.37. The minimum absolute atomic E-state index is 0.0647. The Bertz CT molecular complexity index is 1000. The van der Waals surface area contributed by atoms with Crippen molar-refractivity contribution in [3.8, 4) is 11.3 Å². The highest BCUT2D eigenvalue weighted by atomic mass is 32.1. The largest absolute Gasteiger partial charge is 0.456 e. The average Bonchev–Trinajstić information content (AvgIpc) is 2.60. The van der Waals surface area contributed by atoms with E-state index in [4.69, 9.17) is 4.42 Å². The quantitative estimate of drug-likeness (QED) is 0.585. The van der Waals surface area contributed by atoms with Gasteiger partial charge in [-0.3, -0.25) is 9.59 Å². The van der Waals surface area contributed by atoms with E-state index >= 15 is 0 Å². The maximum absolute atomic E-state index is 12.1. The van der Waals surface area contributed by atoms with Crippen LogP contribution in [0, 0.1) is 0 Å². The van der Waals surface area contributed by atoms with Gasteiger partial charge < -0.3 is 9.73 Å². The third-order valence-electron chi connectivity index (χ3n) is 3.38. The fraction of sp³-hybridized carbons (Fsp3) is 0.0556. The molecular weight excluding hydrogens is 324 g/mol. The number of aliphatic imine (C=N–C) groups is 1. The van der Waals surface area contributed by atoms with Gasteiger partial charge in [-0.05, 0) is 48.6 Å². The molecule has 0 spiro atoms. The summed E-state index contributed by atoms with van der Waals surface area (Å²) in [4.78, 5) is 27.3. The van der Waals surface area contributed by atoms with Crippen molar-refractivity contribution in [1.29, 1.82) is 0 Å². The second kappa shape index (κ2) is 7.00. The van der Waals surface area contributed by atoms with Crippen LogP contribution in [0.25, 0.3) is 22.3 Å².